The van der Waals surface area contributed by atoms with Crippen molar-refractivity contribution in [2.75, 3.05) is 12.3 Å². The normalized spacial score (nSPS) is 11.7. The van der Waals surface area contributed by atoms with Crippen LogP contribution in [0.4, 0.5) is 5.69 Å². The number of nitrogens with one attached hydrogen (secondary N) is 1. The molecule has 0 radical (unpaired) electrons. The molecule has 1 atom stereocenters. The summed E-state index contributed by atoms with van der Waals surface area (Å²) < 4.78 is 5.62. The second kappa shape index (κ2) is 7.50. The Labute approximate surface area is 131 Å². The molecular weight excluding hydrogens is 276 g/mol. The van der Waals surface area contributed by atoms with Gasteiger partial charge in [-0.15, -0.1) is 0 Å². The van der Waals surface area contributed by atoms with Crippen LogP contribution in [0, 0.1) is 6.92 Å². The fraction of sp³-hybridized carbons (Fsp3) is 0.278. The highest BCUT2D eigenvalue weighted by molar-refractivity contribution is 5.80. The number of ether oxygens (including phenoxy) is 1. The molecule has 1 amide bonds. The molecule has 0 aliphatic rings. The molecule has 116 valence electrons. The molecule has 0 aromatic heterocycles. The quantitative estimate of drug-likeness (QED) is 0.806. The molecular formula is C18H22N2O2. The number of aryl methyl sites for hydroxylation is 1. The predicted octanol–water partition coefficient (Wildman–Crippen LogP) is 2.70. The molecule has 4 nitrogen and oxygen atoms in total. The number of anilines is 1. The van der Waals surface area contributed by atoms with E-state index in [-0.39, 0.29) is 5.91 Å². The zero-order valence-electron chi connectivity index (χ0n) is 13.0. The van der Waals surface area contributed by atoms with Crippen molar-refractivity contribution in [2.45, 2.75) is 26.4 Å². The standard InChI is InChI=1S/C18H22N2O2/c1-13-3-9-17(10-4-13)22-14(2)18(21)20-12-11-15-5-7-16(19)8-6-15/h3-10,14H,11-12,19H2,1-2H3,(H,20,21). The maximum Gasteiger partial charge on any atom is 0.260 e. The van der Waals surface area contributed by atoms with Gasteiger partial charge in [0.15, 0.2) is 6.10 Å². The van der Waals surface area contributed by atoms with E-state index in [1.807, 2.05) is 55.5 Å². The minimum Gasteiger partial charge on any atom is -0.481 e. The second-order valence-corrected chi connectivity index (χ2v) is 5.36. The third kappa shape index (κ3) is 4.81. The lowest BCUT2D eigenvalue weighted by molar-refractivity contribution is -0.127. The van der Waals surface area contributed by atoms with Crippen molar-refractivity contribution in [1.29, 1.82) is 0 Å². The van der Waals surface area contributed by atoms with E-state index < -0.39 is 6.10 Å². The molecule has 1 unspecified atom stereocenters. The van der Waals surface area contributed by atoms with Crippen LogP contribution in [0.5, 0.6) is 5.75 Å². The predicted molar refractivity (Wildman–Crippen MR) is 88.8 cm³/mol. The maximum atomic E-state index is 12.0. The highest BCUT2D eigenvalue weighted by Crippen LogP contribution is 2.13. The number of nitrogen functional groups attached to an aromatic ring is 1. The summed E-state index contributed by atoms with van der Waals surface area (Å²) >= 11 is 0. The van der Waals surface area contributed by atoms with Crippen LogP contribution < -0.4 is 15.8 Å². The summed E-state index contributed by atoms with van der Waals surface area (Å²) in [6.45, 7) is 4.33. The van der Waals surface area contributed by atoms with E-state index in [9.17, 15) is 4.79 Å². The van der Waals surface area contributed by atoms with E-state index in [4.69, 9.17) is 10.5 Å². The van der Waals surface area contributed by atoms with Gasteiger partial charge in [0.25, 0.3) is 5.91 Å². The molecule has 0 heterocycles. The minimum atomic E-state index is -0.519. The van der Waals surface area contributed by atoms with Crippen LogP contribution in [0.1, 0.15) is 18.1 Å². The molecule has 2 aromatic carbocycles. The van der Waals surface area contributed by atoms with E-state index in [2.05, 4.69) is 5.32 Å². The summed E-state index contributed by atoms with van der Waals surface area (Å²) in [7, 11) is 0. The zero-order valence-corrected chi connectivity index (χ0v) is 13.0. The van der Waals surface area contributed by atoms with Crippen molar-refractivity contribution >= 4 is 11.6 Å². The molecule has 2 aromatic rings. The van der Waals surface area contributed by atoms with Crippen LogP contribution in [0.3, 0.4) is 0 Å². The molecule has 0 spiro atoms. The zero-order chi connectivity index (χ0) is 15.9. The smallest absolute Gasteiger partial charge is 0.260 e. The number of nitrogens with two attached hydrogens (primary N) is 1. The first-order valence-electron chi connectivity index (χ1n) is 7.40. The van der Waals surface area contributed by atoms with Gasteiger partial charge in [0.1, 0.15) is 5.75 Å². The fourth-order valence-electron chi connectivity index (χ4n) is 2.03. The topological polar surface area (TPSA) is 64.3 Å². The first-order chi connectivity index (χ1) is 10.5. The number of amides is 1. The lowest BCUT2D eigenvalue weighted by atomic mass is 10.1. The summed E-state index contributed by atoms with van der Waals surface area (Å²) in [6, 6.07) is 15.3. The van der Waals surface area contributed by atoms with E-state index in [0.717, 1.165) is 23.2 Å². The summed E-state index contributed by atoms with van der Waals surface area (Å²) in [5.74, 6) is 0.586. The Kier molecular flexibility index (Phi) is 5.42. The third-order valence-corrected chi connectivity index (χ3v) is 3.40. The van der Waals surface area contributed by atoms with Crippen LogP contribution >= 0.6 is 0 Å². The Bertz CT molecular complexity index is 606. The average Bonchev–Trinajstić information content (AvgIpc) is 2.51. The Morgan fingerprint density at radius 2 is 1.77 bits per heavy atom. The summed E-state index contributed by atoms with van der Waals surface area (Å²) in [5.41, 5.74) is 8.68. The number of carbonyl (C=O) groups is 1. The summed E-state index contributed by atoms with van der Waals surface area (Å²) in [5, 5.41) is 2.88. The van der Waals surface area contributed by atoms with Gasteiger partial charge in [0.05, 0.1) is 0 Å². The van der Waals surface area contributed by atoms with Crippen LogP contribution in [0.2, 0.25) is 0 Å². The molecule has 0 saturated heterocycles. The van der Waals surface area contributed by atoms with Crippen molar-refractivity contribution in [3.8, 4) is 5.75 Å². The molecule has 0 saturated carbocycles. The van der Waals surface area contributed by atoms with Crippen LogP contribution in [0.15, 0.2) is 48.5 Å². The summed E-state index contributed by atoms with van der Waals surface area (Å²) in [6.07, 6.45) is 0.248. The van der Waals surface area contributed by atoms with Gasteiger partial charge in [-0.2, -0.15) is 0 Å². The summed E-state index contributed by atoms with van der Waals surface area (Å²) in [4.78, 5) is 12.0. The Morgan fingerprint density at radius 1 is 1.14 bits per heavy atom. The highest BCUT2D eigenvalue weighted by Gasteiger charge is 2.13. The molecule has 0 bridgehead atoms. The van der Waals surface area contributed by atoms with E-state index in [1.165, 1.54) is 0 Å². The second-order valence-electron chi connectivity index (χ2n) is 5.36. The van der Waals surface area contributed by atoms with Crippen LogP contribution in [-0.2, 0) is 11.2 Å². The van der Waals surface area contributed by atoms with E-state index in [0.29, 0.717) is 12.3 Å². The van der Waals surface area contributed by atoms with Crippen molar-refractivity contribution in [3.63, 3.8) is 0 Å². The van der Waals surface area contributed by atoms with Gasteiger partial charge < -0.3 is 15.8 Å². The van der Waals surface area contributed by atoms with Gasteiger partial charge in [-0.3, -0.25) is 4.79 Å². The fourth-order valence-corrected chi connectivity index (χ4v) is 2.03. The van der Waals surface area contributed by atoms with Crippen molar-refractivity contribution in [2.24, 2.45) is 0 Å². The number of carbonyl (C=O) groups excluding carboxylic acids is 1. The van der Waals surface area contributed by atoms with Crippen molar-refractivity contribution in [1.82, 2.24) is 5.32 Å². The molecule has 0 fully saturated rings. The number of hydrogen-bond donors (Lipinski definition) is 2. The molecule has 4 heteroatoms. The Morgan fingerprint density at radius 3 is 2.41 bits per heavy atom. The number of rotatable bonds is 6. The monoisotopic (exact) mass is 298 g/mol. The van der Waals surface area contributed by atoms with Crippen LogP contribution in [0.25, 0.3) is 0 Å². The maximum absolute atomic E-state index is 12.0. The van der Waals surface area contributed by atoms with Crippen molar-refractivity contribution in [3.05, 3.63) is 59.7 Å². The van der Waals surface area contributed by atoms with Gasteiger partial charge in [-0.1, -0.05) is 29.8 Å². The molecule has 0 aliphatic heterocycles. The van der Waals surface area contributed by atoms with E-state index >= 15 is 0 Å². The average molecular weight is 298 g/mol. The Balaban J connectivity index is 1.76. The van der Waals surface area contributed by atoms with Gasteiger partial charge in [-0.25, -0.2) is 0 Å². The molecule has 22 heavy (non-hydrogen) atoms. The first-order valence-corrected chi connectivity index (χ1v) is 7.40. The highest BCUT2D eigenvalue weighted by atomic mass is 16.5. The largest absolute Gasteiger partial charge is 0.481 e. The lowest BCUT2D eigenvalue weighted by Crippen LogP contribution is -2.37. The molecule has 0 aliphatic carbocycles. The van der Waals surface area contributed by atoms with Gasteiger partial charge in [-0.05, 0) is 50.1 Å². The minimum absolute atomic E-state index is 0.115. The van der Waals surface area contributed by atoms with Crippen LogP contribution in [-0.4, -0.2) is 18.6 Å². The number of hydrogen-bond acceptors (Lipinski definition) is 3. The van der Waals surface area contributed by atoms with Gasteiger partial charge in [0, 0.05) is 12.2 Å². The lowest BCUT2D eigenvalue weighted by Gasteiger charge is -2.15. The van der Waals surface area contributed by atoms with E-state index in [1.54, 1.807) is 6.92 Å². The SMILES string of the molecule is Cc1ccc(OC(C)C(=O)NCCc2ccc(N)cc2)cc1. The number of benzene rings is 2. The van der Waals surface area contributed by atoms with Gasteiger partial charge in [0.2, 0.25) is 0 Å². The molecule has 2 rings (SSSR count). The van der Waals surface area contributed by atoms with Crippen molar-refractivity contribution < 1.29 is 9.53 Å². The first kappa shape index (κ1) is 15.9. The van der Waals surface area contributed by atoms with Gasteiger partial charge >= 0.3 is 0 Å². The Hall–Kier alpha value is -2.49. The third-order valence-electron chi connectivity index (χ3n) is 3.40. The molecule has 3 N–H and O–H groups in total.